The van der Waals surface area contributed by atoms with Crippen molar-refractivity contribution in [2.24, 2.45) is 13.0 Å². The Morgan fingerprint density at radius 1 is 1.24 bits per heavy atom. The van der Waals surface area contributed by atoms with Crippen LogP contribution in [0.15, 0.2) is 49.1 Å². The molecule has 0 bridgehead atoms. The SMILES string of the molecule is C[C@@H](COc1cccc2cc(-c3nc4cc5c(nc4n3C)CCN(C[C@@H](CF)NC(=O)O)C5=O)n(CC3CC3)c12)n1ccnc1. The molecule has 12 nitrogen and oxygen atoms in total. The number of alkyl halides is 1. The zero-order valence-corrected chi connectivity index (χ0v) is 25.2. The van der Waals surface area contributed by atoms with E-state index in [4.69, 9.17) is 19.8 Å². The van der Waals surface area contributed by atoms with Crippen LogP contribution in [0, 0.1) is 5.92 Å². The van der Waals surface area contributed by atoms with Gasteiger partial charge in [-0.15, -0.1) is 0 Å². The highest BCUT2D eigenvalue weighted by molar-refractivity contribution is 5.99. The number of benzene rings is 1. The van der Waals surface area contributed by atoms with E-state index in [-0.39, 0.29) is 18.5 Å². The standard InChI is InChI=1S/C32H35FN8O4/c1-19(40-11-9-34-18-40)17-45-27-5-3-4-21-12-26(41(28(21)27)15-20-6-7-20)30-37-25-13-23-24(36-29(25)38(30)2)8-10-39(31(23)42)16-22(14-33)35-32(43)44/h3-5,9,11-13,18-20,22,35H,6-8,10,14-17H2,1-2H3,(H,43,44)/t19-,22+/m0/s1. The minimum absolute atomic E-state index is 0.0562. The van der Waals surface area contributed by atoms with Crippen LogP contribution in [0.3, 0.4) is 0 Å². The van der Waals surface area contributed by atoms with Gasteiger partial charge >= 0.3 is 6.09 Å². The fraction of sp³-hybridized carbons (Fsp3) is 0.406. The third-order valence-electron chi connectivity index (χ3n) is 8.78. The van der Waals surface area contributed by atoms with Crippen molar-refractivity contribution in [1.29, 1.82) is 0 Å². The summed E-state index contributed by atoms with van der Waals surface area (Å²) in [5.74, 6) is 1.83. The predicted octanol–water partition coefficient (Wildman–Crippen LogP) is 4.44. The lowest BCUT2D eigenvalue weighted by Crippen LogP contribution is -2.48. The fourth-order valence-electron chi connectivity index (χ4n) is 6.18. The van der Waals surface area contributed by atoms with Crippen LogP contribution in [-0.2, 0) is 20.0 Å². The zero-order chi connectivity index (χ0) is 31.2. The number of carboxylic acid groups (broad SMARTS) is 1. The molecular weight excluding hydrogens is 579 g/mol. The second-order valence-corrected chi connectivity index (χ2v) is 12.1. The van der Waals surface area contributed by atoms with Crippen LogP contribution in [0.1, 0.15) is 41.9 Å². The van der Waals surface area contributed by atoms with Crippen molar-refractivity contribution in [2.45, 2.75) is 44.8 Å². The van der Waals surface area contributed by atoms with Gasteiger partial charge in [0.25, 0.3) is 5.91 Å². The van der Waals surface area contributed by atoms with E-state index < -0.39 is 18.8 Å². The lowest BCUT2D eigenvalue weighted by molar-refractivity contribution is 0.0712. The number of amides is 2. The van der Waals surface area contributed by atoms with Crippen LogP contribution < -0.4 is 10.1 Å². The van der Waals surface area contributed by atoms with Crippen LogP contribution in [0.5, 0.6) is 5.75 Å². The topological polar surface area (TPSA) is 132 Å². The number of pyridine rings is 1. The summed E-state index contributed by atoms with van der Waals surface area (Å²) in [4.78, 5) is 39.9. The average molecular weight is 615 g/mol. The maximum Gasteiger partial charge on any atom is 0.405 e. The second kappa shape index (κ2) is 11.5. The molecule has 234 valence electrons. The lowest BCUT2D eigenvalue weighted by Gasteiger charge is -2.30. The van der Waals surface area contributed by atoms with Crippen LogP contribution in [0.25, 0.3) is 33.6 Å². The molecule has 7 rings (SSSR count). The number of imidazole rings is 2. The van der Waals surface area contributed by atoms with Gasteiger partial charge in [-0.3, -0.25) is 4.79 Å². The Kier molecular flexibility index (Phi) is 7.38. The second-order valence-electron chi connectivity index (χ2n) is 12.1. The van der Waals surface area contributed by atoms with Crippen LogP contribution >= 0.6 is 0 Å². The molecule has 13 heteroatoms. The van der Waals surface area contributed by atoms with Crippen molar-refractivity contribution in [3.05, 3.63) is 60.3 Å². The number of nitrogens with zero attached hydrogens (tertiary/aromatic N) is 7. The fourth-order valence-corrected chi connectivity index (χ4v) is 6.18. The van der Waals surface area contributed by atoms with Crippen molar-refractivity contribution in [1.82, 2.24) is 38.9 Å². The Labute approximate surface area is 258 Å². The number of hydrogen-bond donors (Lipinski definition) is 2. The van der Waals surface area contributed by atoms with Gasteiger partial charge in [0.2, 0.25) is 0 Å². The summed E-state index contributed by atoms with van der Waals surface area (Å²) in [5.41, 5.74) is 4.30. The minimum atomic E-state index is -1.33. The first kappa shape index (κ1) is 28.8. The number of aryl methyl sites for hydroxylation is 1. The predicted molar refractivity (Wildman–Crippen MR) is 165 cm³/mol. The van der Waals surface area contributed by atoms with Crippen molar-refractivity contribution in [3.8, 4) is 17.3 Å². The summed E-state index contributed by atoms with van der Waals surface area (Å²) < 4.78 is 26.2. The van der Waals surface area contributed by atoms with E-state index in [1.807, 2.05) is 34.5 Å². The number of para-hydroxylation sites is 1. The zero-order valence-electron chi connectivity index (χ0n) is 25.2. The highest BCUT2D eigenvalue weighted by Gasteiger charge is 2.31. The Hall–Kier alpha value is -4.94. The van der Waals surface area contributed by atoms with E-state index in [1.54, 1.807) is 18.6 Å². The van der Waals surface area contributed by atoms with Crippen molar-refractivity contribution in [3.63, 3.8) is 0 Å². The molecule has 1 saturated carbocycles. The molecule has 2 atom stereocenters. The van der Waals surface area contributed by atoms with E-state index in [2.05, 4.69) is 33.9 Å². The Balaban J connectivity index is 1.24. The molecule has 1 aliphatic carbocycles. The van der Waals surface area contributed by atoms with Crippen LogP contribution in [0.4, 0.5) is 9.18 Å². The molecule has 1 aliphatic heterocycles. The molecule has 5 aromatic rings. The number of halogens is 1. The van der Waals surface area contributed by atoms with E-state index in [0.717, 1.165) is 34.7 Å². The number of nitrogens with one attached hydrogen (secondary N) is 1. The van der Waals surface area contributed by atoms with E-state index in [9.17, 15) is 14.0 Å². The number of ether oxygens (including phenoxy) is 1. The lowest BCUT2D eigenvalue weighted by atomic mass is 10.0. The number of carbonyl (C=O) groups is 2. The van der Waals surface area contributed by atoms with Crippen molar-refractivity contribution in [2.75, 3.05) is 26.4 Å². The maximum atomic E-state index is 13.5. The minimum Gasteiger partial charge on any atom is -0.489 e. The summed E-state index contributed by atoms with van der Waals surface area (Å²) in [6, 6.07) is 9.12. The molecule has 45 heavy (non-hydrogen) atoms. The van der Waals surface area contributed by atoms with E-state index in [1.165, 1.54) is 17.7 Å². The van der Waals surface area contributed by atoms with Gasteiger partial charge in [-0.1, -0.05) is 12.1 Å². The molecule has 0 saturated heterocycles. The number of carbonyl (C=O) groups excluding carboxylic acids is 1. The van der Waals surface area contributed by atoms with Crippen molar-refractivity contribution >= 4 is 34.1 Å². The molecule has 0 unspecified atom stereocenters. The summed E-state index contributed by atoms with van der Waals surface area (Å²) in [7, 11) is 1.94. The Morgan fingerprint density at radius 2 is 2.09 bits per heavy atom. The summed E-state index contributed by atoms with van der Waals surface area (Å²) in [6.07, 6.45) is 7.00. The van der Waals surface area contributed by atoms with E-state index >= 15 is 0 Å². The molecule has 2 aliphatic rings. The molecule has 2 N–H and O–H groups in total. The van der Waals surface area contributed by atoms with Gasteiger partial charge in [-0.2, -0.15) is 0 Å². The highest BCUT2D eigenvalue weighted by atomic mass is 19.1. The molecule has 1 aromatic carbocycles. The van der Waals surface area contributed by atoms with Gasteiger partial charge in [0, 0.05) is 50.9 Å². The maximum absolute atomic E-state index is 13.5. The van der Waals surface area contributed by atoms with Gasteiger partial charge in [0.15, 0.2) is 11.5 Å². The molecule has 0 radical (unpaired) electrons. The highest BCUT2D eigenvalue weighted by Crippen LogP contribution is 2.39. The Bertz CT molecular complexity index is 1890. The first-order valence-electron chi connectivity index (χ1n) is 15.2. The number of aromatic nitrogens is 6. The third-order valence-corrected chi connectivity index (χ3v) is 8.78. The quantitative estimate of drug-likeness (QED) is 0.225. The Morgan fingerprint density at radius 3 is 2.82 bits per heavy atom. The van der Waals surface area contributed by atoms with Gasteiger partial charge in [0.05, 0.1) is 40.9 Å². The normalized spacial score (nSPS) is 16.2. The largest absolute Gasteiger partial charge is 0.489 e. The first-order valence-corrected chi connectivity index (χ1v) is 15.2. The monoisotopic (exact) mass is 614 g/mol. The number of hydrogen-bond acceptors (Lipinski definition) is 6. The summed E-state index contributed by atoms with van der Waals surface area (Å²) in [6.45, 7) is 2.79. The van der Waals surface area contributed by atoms with Gasteiger partial charge in [-0.05, 0) is 43.9 Å². The van der Waals surface area contributed by atoms with Crippen molar-refractivity contribution < 1.29 is 23.8 Å². The summed E-state index contributed by atoms with van der Waals surface area (Å²) >= 11 is 0. The average Bonchev–Trinajstić information content (AvgIpc) is 3.39. The molecule has 5 heterocycles. The number of rotatable bonds is 11. The summed E-state index contributed by atoms with van der Waals surface area (Å²) in [5, 5.41) is 12.2. The molecule has 1 fully saturated rings. The van der Waals surface area contributed by atoms with Gasteiger partial charge < -0.3 is 33.8 Å². The van der Waals surface area contributed by atoms with Crippen LogP contribution in [-0.4, -0.2) is 83.1 Å². The third kappa shape index (κ3) is 5.47. The smallest absolute Gasteiger partial charge is 0.405 e. The molecule has 0 spiro atoms. The molecular formula is C32H35FN8O4. The van der Waals surface area contributed by atoms with Gasteiger partial charge in [-0.25, -0.2) is 24.1 Å². The number of fused-ring (bicyclic) bond motifs is 3. The van der Waals surface area contributed by atoms with Gasteiger partial charge in [0.1, 0.15) is 24.5 Å². The molecule has 4 aromatic heterocycles. The van der Waals surface area contributed by atoms with Crippen LogP contribution in [0.2, 0.25) is 0 Å². The van der Waals surface area contributed by atoms with E-state index in [0.29, 0.717) is 47.9 Å². The molecule has 2 amide bonds. The first-order chi connectivity index (χ1) is 21.8.